The van der Waals surface area contributed by atoms with E-state index in [1.165, 1.54) is 0 Å². The second kappa shape index (κ2) is 2.33. The summed E-state index contributed by atoms with van der Waals surface area (Å²) in [5.74, 6) is -0.183. The molecule has 0 aliphatic heterocycles. The normalized spacial score (nSPS) is 10.5. The second-order valence-electron chi connectivity index (χ2n) is 2.16. The van der Waals surface area contributed by atoms with Gasteiger partial charge in [-0.15, -0.1) is 0 Å². The predicted octanol–water partition coefficient (Wildman–Crippen LogP) is -1.48. The summed E-state index contributed by atoms with van der Waals surface area (Å²) in [6.07, 6.45) is 0. The zero-order valence-electron chi connectivity index (χ0n) is 6.17. The zero-order chi connectivity index (χ0) is 9.42. The van der Waals surface area contributed by atoms with E-state index in [0.29, 0.717) is 0 Å². The van der Waals surface area contributed by atoms with Gasteiger partial charge in [-0.1, -0.05) is 0 Å². The Hall–Kier alpha value is -2.32. The molecule has 68 valence electrons. The number of nitrogens with two attached hydrogens (primary N) is 2. The first-order valence-electron chi connectivity index (χ1n) is 3.13. The predicted molar refractivity (Wildman–Crippen MR) is 37.6 cm³/mol. The highest BCUT2D eigenvalue weighted by Gasteiger charge is 2.24. The molecule has 13 heavy (non-hydrogen) atoms. The van der Waals surface area contributed by atoms with Gasteiger partial charge in [-0.2, -0.15) is 0 Å². The SMILES string of the molecule is Nc1nonc1-c1c(N)no[n+]1[O-]. The van der Waals surface area contributed by atoms with Gasteiger partial charge in [0.2, 0.25) is 11.5 Å². The lowest BCUT2D eigenvalue weighted by atomic mass is 10.3. The number of nitrogen functional groups attached to an aromatic ring is 2. The van der Waals surface area contributed by atoms with Crippen LogP contribution in [0.15, 0.2) is 9.26 Å². The highest BCUT2D eigenvalue weighted by atomic mass is 16.8. The third-order valence-corrected chi connectivity index (χ3v) is 1.38. The van der Waals surface area contributed by atoms with E-state index in [1.807, 2.05) is 0 Å². The maximum absolute atomic E-state index is 10.9. The van der Waals surface area contributed by atoms with Gasteiger partial charge in [0.25, 0.3) is 5.69 Å². The molecule has 9 heteroatoms. The maximum Gasteiger partial charge on any atom is 0.314 e. The van der Waals surface area contributed by atoms with Gasteiger partial charge in [-0.3, -0.25) is 4.63 Å². The molecule has 0 bridgehead atoms. The molecular formula is C4H4N6O3. The van der Waals surface area contributed by atoms with E-state index in [9.17, 15) is 5.21 Å². The third kappa shape index (κ3) is 0.937. The molecule has 0 aliphatic rings. The fourth-order valence-electron chi connectivity index (χ4n) is 0.826. The van der Waals surface area contributed by atoms with Crippen molar-refractivity contribution in [3.8, 4) is 11.4 Å². The van der Waals surface area contributed by atoms with Gasteiger partial charge >= 0.3 is 5.82 Å². The summed E-state index contributed by atoms with van der Waals surface area (Å²) >= 11 is 0. The van der Waals surface area contributed by atoms with Gasteiger partial charge in [-0.05, 0) is 15.2 Å². The maximum atomic E-state index is 10.9. The second-order valence-corrected chi connectivity index (χ2v) is 2.16. The Morgan fingerprint density at radius 3 is 2.38 bits per heavy atom. The summed E-state index contributed by atoms with van der Waals surface area (Å²) in [5, 5.41) is 20.8. The number of hydrogen-bond acceptors (Lipinski definition) is 8. The largest absolute Gasteiger partial charge is 0.379 e. The van der Waals surface area contributed by atoms with E-state index in [2.05, 4.69) is 24.7 Å². The van der Waals surface area contributed by atoms with Crippen LogP contribution in [-0.4, -0.2) is 15.5 Å². The molecule has 0 aliphatic carbocycles. The number of rotatable bonds is 1. The minimum Gasteiger partial charge on any atom is -0.379 e. The lowest BCUT2D eigenvalue weighted by Gasteiger charge is -1.89. The van der Waals surface area contributed by atoms with Crippen molar-refractivity contribution in [1.29, 1.82) is 0 Å². The van der Waals surface area contributed by atoms with Crippen molar-refractivity contribution in [2.24, 2.45) is 0 Å². The average Bonchev–Trinajstić information content (AvgIpc) is 2.60. The van der Waals surface area contributed by atoms with Crippen LogP contribution < -0.4 is 16.4 Å². The van der Waals surface area contributed by atoms with Gasteiger partial charge in [-0.25, -0.2) is 4.63 Å². The van der Waals surface area contributed by atoms with Crippen molar-refractivity contribution in [3.05, 3.63) is 5.21 Å². The monoisotopic (exact) mass is 184 g/mol. The minimum absolute atomic E-state index is 0.00810. The van der Waals surface area contributed by atoms with Crippen LogP contribution in [0.5, 0.6) is 0 Å². The first-order valence-corrected chi connectivity index (χ1v) is 3.13. The Morgan fingerprint density at radius 2 is 1.92 bits per heavy atom. The Bertz CT molecular complexity index is 413. The molecule has 0 atom stereocenters. The summed E-state index contributed by atoms with van der Waals surface area (Å²) < 4.78 is 8.47. The molecule has 0 fully saturated rings. The fraction of sp³-hybridized carbons (Fsp3) is 0. The minimum atomic E-state index is -0.127. The number of hydrogen-bond donors (Lipinski definition) is 2. The van der Waals surface area contributed by atoms with E-state index in [1.54, 1.807) is 0 Å². The molecular weight excluding hydrogens is 180 g/mol. The van der Waals surface area contributed by atoms with Gasteiger partial charge in [0, 0.05) is 0 Å². The molecule has 0 spiro atoms. The Labute approximate surface area is 70.4 Å². The molecule has 2 aromatic rings. The van der Waals surface area contributed by atoms with Crippen molar-refractivity contribution in [1.82, 2.24) is 15.5 Å². The highest BCUT2D eigenvalue weighted by Crippen LogP contribution is 2.22. The Morgan fingerprint density at radius 1 is 1.15 bits per heavy atom. The van der Waals surface area contributed by atoms with Gasteiger partial charge in [0.1, 0.15) is 0 Å². The number of aromatic nitrogens is 4. The van der Waals surface area contributed by atoms with Crippen LogP contribution in [0.3, 0.4) is 0 Å². The quantitative estimate of drug-likeness (QED) is 0.510. The average molecular weight is 184 g/mol. The lowest BCUT2D eigenvalue weighted by molar-refractivity contribution is -0.793. The van der Waals surface area contributed by atoms with E-state index < -0.39 is 0 Å². The molecule has 4 N–H and O–H groups in total. The van der Waals surface area contributed by atoms with Crippen molar-refractivity contribution in [2.75, 3.05) is 11.5 Å². The lowest BCUT2D eigenvalue weighted by Crippen LogP contribution is -2.26. The zero-order valence-corrected chi connectivity index (χ0v) is 6.17. The van der Waals surface area contributed by atoms with Crippen LogP contribution in [0.2, 0.25) is 0 Å². The van der Waals surface area contributed by atoms with Gasteiger partial charge in [0.15, 0.2) is 0 Å². The highest BCUT2D eigenvalue weighted by molar-refractivity contribution is 5.70. The van der Waals surface area contributed by atoms with Crippen LogP contribution in [0, 0.1) is 5.21 Å². The van der Waals surface area contributed by atoms with Gasteiger partial charge in [0.05, 0.1) is 5.16 Å². The topological polar surface area (TPSA) is 144 Å². The molecule has 0 amide bonds. The van der Waals surface area contributed by atoms with Crippen LogP contribution in [0.4, 0.5) is 11.6 Å². The third-order valence-electron chi connectivity index (χ3n) is 1.38. The van der Waals surface area contributed by atoms with E-state index >= 15 is 0 Å². The summed E-state index contributed by atoms with van der Waals surface area (Å²) in [6.45, 7) is 0. The van der Waals surface area contributed by atoms with E-state index in [-0.39, 0.29) is 27.9 Å². The summed E-state index contributed by atoms with van der Waals surface area (Å²) in [4.78, 5) is 0.0746. The van der Waals surface area contributed by atoms with Crippen LogP contribution >= 0.6 is 0 Å². The summed E-state index contributed by atoms with van der Waals surface area (Å²) in [6, 6.07) is 0. The number of nitrogens with zero attached hydrogens (tertiary/aromatic N) is 4. The van der Waals surface area contributed by atoms with Crippen LogP contribution in [-0.2, 0) is 0 Å². The molecule has 0 saturated carbocycles. The molecule has 0 saturated heterocycles. The smallest absolute Gasteiger partial charge is 0.314 e. The standard InChI is InChI=1S/C4H4N6O3/c5-3-1(7-12-8-3)2-4(6)9-13-10(2)11/h(H2,5,8)(H2,6,9). The molecule has 0 unspecified atom stereocenters. The summed E-state index contributed by atoms with van der Waals surface area (Å²) in [5.41, 5.74) is 10.5. The first-order chi connectivity index (χ1) is 6.20. The van der Waals surface area contributed by atoms with E-state index in [0.717, 1.165) is 0 Å². The Kier molecular flexibility index (Phi) is 1.32. The van der Waals surface area contributed by atoms with Crippen molar-refractivity contribution in [3.63, 3.8) is 0 Å². The fourth-order valence-corrected chi connectivity index (χ4v) is 0.826. The van der Waals surface area contributed by atoms with Crippen LogP contribution in [0.25, 0.3) is 11.4 Å². The molecule has 0 radical (unpaired) electrons. The van der Waals surface area contributed by atoms with Crippen molar-refractivity contribution < 1.29 is 14.2 Å². The molecule has 0 aromatic carbocycles. The first kappa shape index (κ1) is 7.34. The van der Waals surface area contributed by atoms with Crippen molar-refractivity contribution in [2.45, 2.75) is 0 Å². The van der Waals surface area contributed by atoms with Crippen LogP contribution in [0.1, 0.15) is 0 Å². The molecule has 9 nitrogen and oxygen atoms in total. The van der Waals surface area contributed by atoms with Crippen molar-refractivity contribution >= 4 is 11.6 Å². The molecule has 2 rings (SSSR count). The van der Waals surface area contributed by atoms with Gasteiger partial charge < -0.3 is 16.7 Å². The summed E-state index contributed by atoms with van der Waals surface area (Å²) in [7, 11) is 0. The Balaban J connectivity index is 2.64. The van der Waals surface area contributed by atoms with E-state index in [4.69, 9.17) is 11.5 Å². The molecule has 2 aromatic heterocycles. The molecule has 2 heterocycles. The number of anilines is 2.